The lowest BCUT2D eigenvalue weighted by Gasteiger charge is -2.13. The van der Waals surface area contributed by atoms with Gasteiger partial charge < -0.3 is 9.84 Å². The van der Waals surface area contributed by atoms with Crippen molar-refractivity contribution in [1.29, 1.82) is 0 Å². The minimum atomic E-state index is -1.07. The van der Waals surface area contributed by atoms with Crippen LogP contribution in [-0.2, 0) is 0 Å². The SMILES string of the molecule is CCC(C)Oc1cccnc1C(=O)O. The van der Waals surface area contributed by atoms with Gasteiger partial charge in [0.1, 0.15) is 0 Å². The van der Waals surface area contributed by atoms with Gasteiger partial charge in [-0.05, 0) is 25.5 Å². The Labute approximate surface area is 82.5 Å². The fraction of sp³-hybridized carbons (Fsp3) is 0.400. The summed E-state index contributed by atoms with van der Waals surface area (Å²) in [4.78, 5) is 14.5. The van der Waals surface area contributed by atoms with Crippen molar-refractivity contribution in [3.8, 4) is 5.75 Å². The topological polar surface area (TPSA) is 59.4 Å². The molecule has 0 spiro atoms. The van der Waals surface area contributed by atoms with Gasteiger partial charge in [-0.25, -0.2) is 9.78 Å². The first-order valence-corrected chi connectivity index (χ1v) is 4.50. The second-order valence-electron chi connectivity index (χ2n) is 2.99. The molecule has 1 N–H and O–H groups in total. The van der Waals surface area contributed by atoms with Gasteiger partial charge >= 0.3 is 5.97 Å². The van der Waals surface area contributed by atoms with Crippen molar-refractivity contribution in [3.63, 3.8) is 0 Å². The number of hydrogen-bond donors (Lipinski definition) is 1. The third kappa shape index (κ3) is 2.45. The number of rotatable bonds is 4. The summed E-state index contributed by atoms with van der Waals surface area (Å²) in [5, 5.41) is 8.81. The number of hydrogen-bond acceptors (Lipinski definition) is 3. The normalized spacial score (nSPS) is 12.1. The van der Waals surface area contributed by atoms with Crippen LogP contribution in [0.4, 0.5) is 0 Å². The van der Waals surface area contributed by atoms with E-state index in [9.17, 15) is 4.79 Å². The molecule has 1 rings (SSSR count). The van der Waals surface area contributed by atoms with E-state index >= 15 is 0 Å². The molecule has 0 aliphatic carbocycles. The summed E-state index contributed by atoms with van der Waals surface area (Å²) < 4.78 is 5.41. The highest BCUT2D eigenvalue weighted by molar-refractivity contribution is 5.88. The molecule has 1 heterocycles. The first kappa shape index (κ1) is 10.5. The van der Waals surface area contributed by atoms with E-state index in [1.807, 2.05) is 13.8 Å². The van der Waals surface area contributed by atoms with Gasteiger partial charge in [-0.2, -0.15) is 0 Å². The van der Waals surface area contributed by atoms with E-state index in [-0.39, 0.29) is 11.8 Å². The number of carboxylic acid groups (broad SMARTS) is 1. The molecule has 0 aliphatic rings. The number of aromatic carboxylic acids is 1. The summed E-state index contributed by atoms with van der Waals surface area (Å²) in [6, 6.07) is 3.27. The molecular formula is C10H13NO3. The van der Waals surface area contributed by atoms with Crippen LogP contribution >= 0.6 is 0 Å². The molecule has 1 atom stereocenters. The summed E-state index contributed by atoms with van der Waals surface area (Å²) in [5.41, 5.74) is -0.0344. The molecule has 1 aromatic rings. The molecular weight excluding hydrogens is 182 g/mol. The first-order valence-electron chi connectivity index (χ1n) is 4.50. The zero-order valence-electron chi connectivity index (χ0n) is 8.23. The van der Waals surface area contributed by atoms with Gasteiger partial charge in [-0.3, -0.25) is 0 Å². The molecule has 4 heteroatoms. The van der Waals surface area contributed by atoms with E-state index in [1.54, 1.807) is 12.1 Å². The van der Waals surface area contributed by atoms with Crippen molar-refractivity contribution in [2.75, 3.05) is 0 Å². The van der Waals surface area contributed by atoms with Crippen LogP contribution in [0.3, 0.4) is 0 Å². The van der Waals surface area contributed by atoms with Gasteiger partial charge in [0.25, 0.3) is 0 Å². The van der Waals surface area contributed by atoms with Gasteiger partial charge in [-0.15, -0.1) is 0 Å². The molecule has 0 amide bonds. The molecule has 0 aromatic carbocycles. The van der Waals surface area contributed by atoms with Crippen LogP contribution in [0, 0.1) is 0 Å². The number of carbonyl (C=O) groups is 1. The van der Waals surface area contributed by atoms with Crippen LogP contribution < -0.4 is 4.74 Å². The third-order valence-corrected chi connectivity index (χ3v) is 1.88. The zero-order chi connectivity index (χ0) is 10.6. The fourth-order valence-corrected chi connectivity index (χ4v) is 0.946. The Hall–Kier alpha value is -1.58. The largest absolute Gasteiger partial charge is 0.488 e. The van der Waals surface area contributed by atoms with Crippen molar-refractivity contribution in [2.24, 2.45) is 0 Å². The van der Waals surface area contributed by atoms with Crippen LogP contribution in [0.25, 0.3) is 0 Å². The van der Waals surface area contributed by atoms with Crippen molar-refractivity contribution >= 4 is 5.97 Å². The molecule has 4 nitrogen and oxygen atoms in total. The maximum Gasteiger partial charge on any atom is 0.358 e. The van der Waals surface area contributed by atoms with Gasteiger partial charge in [0, 0.05) is 6.20 Å². The van der Waals surface area contributed by atoms with Crippen LogP contribution in [0.15, 0.2) is 18.3 Å². The Balaban J connectivity index is 2.90. The Morgan fingerprint density at radius 1 is 1.71 bits per heavy atom. The molecule has 0 saturated heterocycles. The van der Waals surface area contributed by atoms with Crippen LogP contribution in [0.5, 0.6) is 5.75 Å². The average molecular weight is 195 g/mol. The molecule has 14 heavy (non-hydrogen) atoms. The summed E-state index contributed by atoms with van der Waals surface area (Å²) >= 11 is 0. The van der Waals surface area contributed by atoms with E-state index in [0.29, 0.717) is 5.75 Å². The van der Waals surface area contributed by atoms with E-state index in [0.717, 1.165) is 6.42 Å². The predicted molar refractivity (Wildman–Crippen MR) is 51.6 cm³/mol. The summed E-state index contributed by atoms with van der Waals surface area (Å²) in [6.45, 7) is 3.86. The number of pyridine rings is 1. The van der Waals surface area contributed by atoms with Gasteiger partial charge in [0.2, 0.25) is 0 Å². The molecule has 1 aromatic heterocycles. The van der Waals surface area contributed by atoms with Crippen molar-refractivity contribution < 1.29 is 14.6 Å². The second kappa shape index (κ2) is 4.60. The maximum absolute atomic E-state index is 10.7. The summed E-state index contributed by atoms with van der Waals surface area (Å²) in [6.07, 6.45) is 2.26. The smallest absolute Gasteiger partial charge is 0.358 e. The quantitative estimate of drug-likeness (QED) is 0.797. The highest BCUT2D eigenvalue weighted by Crippen LogP contribution is 2.17. The van der Waals surface area contributed by atoms with Crippen molar-refractivity contribution in [1.82, 2.24) is 4.98 Å². The molecule has 0 fully saturated rings. The fourth-order valence-electron chi connectivity index (χ4n) is 0.946. The Morgan fingerprint density at radius 3 is 3.00 bits per heavy atom. The van der Waals surface area contributed by atoms with Crippen molar-refractivity contribution in [3.05, 3.63) is 24.0 Å². The van der Waals surface area contributed by atoms with E-state index < -0.39 is 5.97 Å². The Bertz CT molecular complexity index is 325. The molecule has 0 saturated carbocycles. The third-order valence-electron chi connectivity index (χ3n) is 1.88. The lowest BCUT2D eigenvalue weighted by atomic mass is 10.3. The first-order chi connectivity index (χ1) is 6.65. The predicted octanol–water partition coefficient (Wildman–Crippen LogP) is 1.96. The van der Waals surface area contributed by atoms with Gasteiger partial charge in [0.15, 0.2) is 11.4 Å². The summed E-state index contributed by atoms with van der Waals surface area (Å²) in [7, 11) is 0. The highest BCUT2D eigenvalue weighted by atomic mass is 16.5. The van der Waals surface area contributed by atoms with Gasteiger partial charge in [0.05, 0.1) is 6.10 Å². The standard InChI is InChI=1S/C10H13NO3/c1-3-7(2)14-8-5-4-6-11-9(8)10(12)13/h4-7H,3H2,1-2H3,(H,12,13). The minimum absolute atomic E-state index is 0.00250. The number of nitrogens with zero attached hydrogens (tertiary/aromatic N) is 1. The highest BCUT2D eigenvalue weighted by Gasteiger charge is 2.13. The second-order valence-corrected chi connectivity index (χ2v) is 2.99. The van der Waals surface area contributed by atoms with Crippen LogP contribution in [0.1, 0.15) is 30.8 Å². The van der Waals surface area contributed by atoms with E-state index in [1.165, 1.54) is 6.20 Å². The lowest BCUT2D eigenvalue weighted by Crippen LogP contribution is -2.13. The molecule has 0 aliphatic heterocycles. The molecule has 0 radical (unpaired) electrons. The summed E-state index contributed by atoms with van der Waals surface area (Å²) in [5.74, 6) is -0.738. The molecule has 76 valence electrons. The van der Waals surface area contributed by atoms with Gasteiger partial charge in [-0.1, -0.05) is 6.92 Å². The lowest BCUT2D eigenvalue weighted by molar-refractivity contribution is 0.0682. The zero-order valence-corrected chi connectivity index (χ0v) is 8.23. The number of ether oxygens (including phenoxy) is 1. The van der Waals surface area contributed by atoms with Crippen LogP contribution in [-0.4, -0.2) is 22.2 Å². The average Bonchev–Trinajstić information content (AvgIpc) is 2.18. The number of aromatic nitrogens is 1. The maximum atomic E-state index is 10.7. The molecule has 0 bridgehead atoms. The number of carboxylic acids is 1. The monoisotopic (exact) mass is 195 g/mol. The van der Waals surface area contributed by atoms with Crippen molar-refractivity contribution in [2.45, 2.75) is 26.4 Å². The molecule has 1 unspecified atom stereocenters. The van der Waals surface area contributed by atoms with Crippen LogP contribution in [0.2, 0.25) is 0 Å². The Morgan fingerprint density at radius 2 is 2.43 bits per heavy atom. The van der Waals surface area contributed by atoms with E-state index in [4.69, 9.17) is 9.84 Å². The Kier molecular flexibility index (Phi) is 3.45. The minimum Gasteiger partial charge on any atom is -0.488 e. The van der Waals surface area contributed by atoms with E-state index in [2.05, 4.69) is 4.98 Å².